The third-order valence-electron chi connectivity index (χ3n) is 2.28. The van der Waals surface area contributed by atoms with E-state index in [4.69, 9.17) is 16.3 Å². The van der Waals surface area contributed by atoms with E-state index in [-0.39, 0.29) is 0 Å². The SMILES string of the molecule is ClCc1cc(OCc2ccccc2Br)ccn1. The first kappa shape index (κ1) is 12.4. The van der Waals surface area contributed by atoms with Crippen molar-refractivity contribution in [1.82, 2.24) is 4.98 Å². The van der Waals surface area contributed by atoms with Gasteiger partial charge in [0.1, 0.15) is 12.4 Å². The van der Waals surface area contributed by atoms with Crippen LogP contribution in [-0.2, 0) is 12.5 Å². The molecule has 2 rings (SSSR count). The first-order valence-electron chi connectivity index (χ1n) is 5.16. The minimum atomic E-state index is 0.395. The lowest BCUT2D eigenvalue weighted by Crippen LogP contribution is -1.97. The molecule has 0 spiro atoms. The molecule has 0 N–H and O–H groups in total. The molecule has 0 saturated carbocycles. The molecule has 0 bridgehead atoms. The maximum absolute atomic E-state index is 5.72. The highest BCUT2D eigenvalue weighted by molar-refractivity contribution is 9.10. The van der Waals surface area contributed by atoms with Gasteiger partial charge >= 0.3 is 0 Å². The number of halogens is 2. The van der Waals surface area contributed by atoms with Crippen LogP contribution in [-0.4, -0.2) is 4.98 Å². The Hall–Kier alpha value is -1.06. The summed E-state index contributed by atoms with van der Waals surface area (Å²) in [7, 11) is 0. The van der Waals surface area contributed by atoms with Crippen LogP contribution in [0, 0.1) is 0 Å². The third-order valence-corrected chi connectivity index (χ3v) is 3.32. The van der Waals surface area contributed by atoms with E-state index < -0.39 is 0 Å². The summed E-state index contributed by atoms with van der Waals surface area (Å²) in [6, 6.07) is 11.7. The van der Waals surface area contributed by atoms with E-state index in [2.05, 4.69) is 20.9 Å². The minimum Gasteiger partial charge on any atom is -0.489 e. The van der Waals surface area contributed by atoms with Crippen LogP contribution in [0.1, 0.15) is 11.3 Å². The third kappa shape index (κ3) is 3.45. The summed E-state index contributed by atoms with van der Waals surface area (Å²) in [6.07, 6.45) is 1.70. The van der Waals surface area contributed by atoms with E-state index in [9.17, 15) is 0 Å². The van der Waals surface area contributed by atoms with Crippen molar-refractivity contribution in [3.05, 3.63) is 58.3 Å². The number of hydrogen-bond donors (Lipinski definition) is 0. The Kier molecular flexibility index (Phi) is 4.40. The summed E-state index contributed by atoms with van der Waals surface area (Å²) in [5.41, 5.74) is 1.92. The zero-order valence-electron chi connectivity index (χ0n) is 9.07. The average Bonchev–Trinajstić information content (AvgIpc) is 2.38. The van der Waals surface area contributed by atoms with Crippen molar-refractivity contribution in [2.45, 2.75) is 12.5 Å². The monoisotopic (exact) mass is 311 g/mol. The van der Waals surface area contributed by atoms with Gasteiger partial charge in [-0.1, -0.05) is 34.1 Å². The van der Waals surface area contributed by atoms with Gasteiger partial charge in [-0.2, -0.15) is 0 Å². The Labute approximate surface area is 114 Å². The summed E-state index contributed by atoms with van der Waals surface area (Å²) < 4.78 is 6.73. The Morgan fingerprint density at radius 3 is 2.82 bits per heavy atom. The van der Waals surface area contributed by atoms with Crippen molar-refractivity contribution < 1.29 is 4.74 Å². The smallest absolute Gasteiger partial charge is 0.123 e. The lowest BCUT2D eigenvalue weighted by atomic mass is 10.2. The highest BCUT2D eigenvalue weighted by Crippen LogP contribution is 2.19. The van der Waals surface area contributed by atoms with Crippen LogP contribution < -0.4 is 4.74 Å². The normalized spacial score (nSPS) is 10.2. The van der Waals surface area contributed by atoms with Gasteiger partial charge in [0.2, 0.25) is 0 Å². The van der Waals surface area contributed by atoms with E-state index in [1.54, 1.807) is 6.20 Å². The molecule has 1 aromatic carbocycles. The zero-order valence-corrected chi connectivity index (χ0v) is 11.4. The molecule has 2 nitrogen and oxygen atoms in total. The molecule has 1 heterocycles. The van der Waals surface area contributed by atoms with E-state index in [0.29, 0.717) is 12.5 Å². The van der Waals surface area contributed by atoms with Crippen LogP contribution in [0.15, 0.2) is 47.1 Å². The van der Waals surface area contributed by atoms with E-state index >= 15 is 0 Å². The van der Waals surface area contributed by atoms with Crippen molar-refractivity contribution in [2.75, 3.05) is 0 Å². The summed E-state index contributed by atoms with van der Waals surface area (Å²) in [5.74, 6) is 1.18. The molecule has 0 atom stereocenters. The minimum absolute atomic E-state index is 0.395. The summed E-state index contributed by atoms with van der Waals surface area (Å²) in [4.78, 5) is 4.11. The van der Waals surface area contributed by atoms with Crippen LogP contribution in [0.5, 0.6) is 5.75 Å². The quantitative estimate of drug-likeness (QED) is 0.791. The molecule has 0 fully saturated rings. The van der Waals surface area contributed by atoms with Crippen LogP contribution in [0.4, 0.5) is 0 Å². The number of aromatic nitrogens is 1. The van der Waals surface area contributed by atoms with Crippen molar-refractivity contribution in [3.63, 3.8) is 0 Å². The molecular formula is C13H11BrClNO. The van der Waals surface area contributed by atoms with Gasteiger partial charge in [-0.3, -0.25) is 4.98 Å². The maximum Gasteiger partial charge on any atom is 0.123 e. The number of nitrogens with zero attached hydrogens (tertiary/aromatic N) is 1. The number of benzene rings is 1. The van der Waals surface area contributed by atoms with Gasteiger partial charge < -0.3 is 4.74 Å². The second kappa shape index (κ2) is 6.03. The molecule has 0 unspecified atom stereocenters. The molecule has 0 aliphatic rings. The molecule has 0 amide bonds. The number of rotatable bonds is 4. The average molecular weight is 313 g/mol. The molecule has 0 radical (unpaired) electrons. The van der Waals surface area contributed by atoms with Crippen LogP contribution in [0.2, 0.25) is 0 Å². The summed E-state index contributed by atoms with van der Waals surface area (Å²) in [6.45, 7) is 0.521. The molecule has 88 valence electrons. The van der Waals surface area contributed by atoms with Gasteiger partial charge in [0.15, 0.2) is 0 Å². The fourth-order valence-electron chi connectivity index (χ4n) is 1.40. The highest BCUT2D eigenvalue weighted by Gasteiger charge is 2.01. The lowest BCUT2D eigenvalue weighted by Gasteiger charge is -2.08. The molecule has 0 saturated heterocycles. The van der Waals surface area contributed by atoms with Gasteiger partial charge in [-0.05, 0) is 12.1 Å². The van der Waals surface area contributed by atoms with Gasteiger partial charge in [-0.15, -0.1) is 11.6 Å². The van der Waals surface area contributed by atoms with E-state index in [1.807, 2.05) is 36.4 Å². The highest BCUT2D eigenvalue weighted by atomic mass is 79.9. The molecule has 17 heavy (non-hydrogen) atoms. The van der Waals surface area contributed by atoms with Crippen molar-refractivity contribution in [2.24, 2.45) is 0 Å². The van der Waals surface area contributed by atoms with Gasteiger partial charge in [0.25, 0.3) is 0 Å². The van der Waals surface area contributed by atoms with Crippen molar-refractivity contribution in [1.29, 1.82) is 0 Å². The first-order valence-corrected chi connectivity index (χ1v) is 6.49. The van der Waals surface area contributed by atoms with Gasteiger partial charge in [0, 0.05) is 22.3 Å². The molecule has 0 aliphatic heterocycles. The van der Waals surface area contributed by atoms with Gasteiger partial charge in [-0.25, -0.2) is 0 Å². The summed E-state index contributed by atoms with van der Waals surface area (Å²) in [5, 5.41) is 0. The van der Waals surface area contributed by atoms with E-state index in [0.717, 1.165) is 21.5 Å². The topological polar surface area (TPSA) is 22.1 Å². The lowest BCUT2D eigenvalue weighted by molar-refractivity contribution is 0.305. The first-order chi connectivity index (χ1) is 8.29. The van der Waals surface area contributed by atoms with Gasteiger partial charge in [0.05, 0.1) is 11.6 Å². The fraction of sp³-hybridized carbons (Fsp3) is 0.154. The molecule has 1 aromatic heterocycles. The Bertz CT molecular complexity index is 504. The van der Waals surface area contributed by atoms with Crippen molar-refractivity contribution >= 4 is 27.5 Å². The van der Waals surface area contributed by atoms with Crippen LogP contribution in [0.25, 0.3) is 0 Å². The number of ether oxygens (including phenoxy) is 1. The van der Waals surface area contributed by atoms with Crippen molar-refractivity contribution in [3.8, 4) is 5.75 Å². The Morgan fingerprint density at radius 2 is 2.06 bits per heavy atom. The largest absolute Gasteiger partial charge is 0.489 e. The number of alkyl halides is 1. The molecule has 4 heteroatoms. The number of pyridine rings is 1. The fourth-order valence-corrected chi connectivity index (χ4v) is 1.94. The van der Waals surface area contributed by atoms with Crippen LogP contribution >= 0.6 is 27.5 Å². The second-order valence-corrected chi connectivity index (χ2v) is 4.62. The van der Waals surface area contributed by atoms with E-state index in [1.165, 1.54) is 0 Å². The Morgan fingerprint density at radius 1 is 1.24 bits per heavy atom. The predicted molar refractivity (Wildman–Crippen MR) is 72.3 cm³/mol. The van der Waals surface area contributed by atoms with Crippen LogP contribution in [0.3, 0.4) is 0 Å². The Balaban J connectivity index is 2.05. The molecular weight excluding hydrogens is 302 g/mol. The predicted octanol–water partition coefficient (Wildman–Crippen LogP) is 4.16. The standard InChI is InChI=1S/C13H11BrClNO/c14-13-4-2-1-3-10(13)9-17-12-5-6-16-11(7-12)8-15/h1-7H,8-9H2. The molecule has 0 aliphatic carbocycles. The number of hydrogen-bond acceptors (Lipinski definition) is 2. The summed E-state index contributed by atoms with van der Waals surface area (Å²) >= 11 is 9.20. The maximum atomic E-state index is 5.72. The second-order valence-electron chi connectivity index (χ2n) is 3.50. The molecule has 2 aromatic rings. The zero-order chi connectivity index (χ0) is 12.1.